The van der Waals surface area contributed by atoms with E-state index in [2.05, 4.69) is 275 Å². The number of para-hydroxylation sites is 6. The summed E-state index contributed by atoms with van der Waals surface area (Å²) < 4.78 is 18.9. The molecular formula is C68H47BN4O2. The van der Waals surface area contributed by atoms with Crippen LogP contribution >= 0.6 is 0 Å². The monoisotopic (exact) mass is 962 g/mol. The van der Waals surface area contributed by atoms with Crippen molar-refractivity contribution in [2.75, 3.05) is 9.80 Å². The fourth-order valence-corrected chi connectivity index (χ4v) is 12.0. The summed E-state index contributed by atoms with van der Waals surface area (Å²) in [7, 11) is 0. The number of aryl methyl sites for hydroxylation is 2. The Morgan fingerprint density at radius 1 is 0.333 bits per heavy atom. The number of hydrogen-bond acceptors (Lipinski definition) is 4. The number of nitrogens with zero attached hydrogens (tertiary/aromatic N) is 4. The minimum Gasteiger partial charge on any atom is -0.458 e. The van der Waals surface area contributed by atoms with Crippen molar-refractivity contribution in [3.05, 3.63) is 260 Å². The quantitative estimate of drug-likeness (QED) is 0.142. The van der Waals surface area contributed by atoms with Crippen molar-refractivity contribution in [3.63, 3.8) is 0 Å². The van der Waals surface area contributed by atoms with Crippen LogP contribution in [0, 0.1) is 13.8 Å². The van der Waals surface area contributed by atoms with Crippen molar-refractivity contribution >= 4 is 101 Å². The molecule has 7 heteroatoms. The number of anilines is 6. The third-order valence-electron chi connectivity index (χ3n) is 15.3. The second-order valence-electron chi connectivity index (χ2n) is 19.8. The van der Waals surface area contributed by atoms with Gasteiger partial charge in [0, 0.05) is 73.3 Å². The zero-order chi connectivity index (χ0) is 49.7. The van der Waals surface area contributed by atoms with Gasteiger partial charge in [-0.15, -0.1) is 0 Å². The van der Waals surface area contributed by atoms with Crippen LogP contribution in [0.5, 0.6) is 23.0 Å². The van der Waals surface area contributed by atoms with Crippen LogP contribution in [0.15, 0.2) is 249 Å². The Balaban J connectivity index is 0.900. The van der Waals surface area contributed by atoms with E-state index >= 15 is 0 Å². The Morgan fingerprint density at radius 3 is 1.17 bits per heavy atom. The zero-order valence-corrected chi connectivity index (χ0v) is 41.4. The van der Waals surface area contributed by atoms with Gasteiger partial charge in [0.1, 0.15) is 23.0 Å². The Kier molecular flexibility index (Phi) is 9.69. The van der Waals surface area contributed by atoms with Crippen molar-refractivity contribution in [2.24, 2.45) is 0 Å². The van der Waals surface area contributed by atoms with Crippen LogP contribution in [0.4, 0.5) is 34.1 Å². The van der Waals surface area contributed by atoms with Crippen LogP contribution in [0.2, 0.25) is 0 Å². The lowest BCUT2D eigenvalue weighted by molar-refractivity contribution is 0.464. The van der Waals surface area contributed by atoms with Crippen LogP contribution in [0.25, 0.3) is 55.0 Å². The van der Waals surface area contributed by atoms with Crippen molar-refractivity contribution in [1.82, 2.24) is 9.13 Å². The number of benzene rings is 11. The molecule has 0 atom stereocenters. The topological polar surface area (TPSA) is 34.8 Å². The first-order valence-electron chi connectivity index (χ1n) is 25.7. The number of hydrogen-bond donors (Lipinski definition) is 0. The normalized spacial score (nSPS) is 12.3. The molecule has 11 aromatic carbocycles. The summed E-state index contributed by atoms with van der Waals surface area (Å²) in [4.78, 5) is 4.77. The van der Waals surface area contributed by atoms with E-state index in [0.29, 0.717) is 0 Å². The summed E-state index contributed by atoms with van der Waals surface area (Å²) in [6, 6.07) is 89.6. The molecule has 4 heterocycles. The molecule has 75 heavy (non-hydrogen) atoms. The standard InChI is InChI=1S/C68H47BN4O2/c1-44-30-34-48(35-31-44)70(60-26-13-22-54-52-20-9-11-24-58(52)72(67(54)60)46-16-5-3-6-17-46)50-38-40-56-64(42-50)74-62-28-15-29-63-66(62)69(56)57-41-39-51(43-65(57)75-63)71(49-36-32-45(2)33-37-49)61-27-14-23-55-53-21-10-12-25-59(53)73(68(55)61)47-18-7-4-8-19-47/h3-43H,1-2H3. The highest BCUT2D eigenvalue weighted by atomic mass is 16.5. The van der Waals surface area contributed by atoms with Gasteiger partial charge in [0.15, 0.2) is 0 Å². The predicted octanol–water partition coefficient (Wildman–Crippen LogP) is 16.2. The van der Waals surface area contributed by atoms with Gasteiger partial charge in [0.2, 0.25) is 0 Å². The Morgan fingerprint density at radius 2 is 0.720 bits per heavy atom. The second kappa shape index (κ2) is 16.9. The Labute approximate surface area is 435 Å². The predicted molar refractivity (Wildman–Crippen MR) is 312 cm³/mol. The van der Waals surface area contributed by atoms with E-state index in [4.69, 9.17) is 9.47 Å². The van der Waals surface area contributed by atoms with Crippen molar-refractivity contribution in [2.45, 2.75) is 13.8 Å². The van der Waals surface area contributed by atoms with E-state index in [0.717, 1.165) is 107 Å². The molecule has 0 unspecified atom stereocenters. The van der Waals surface area contributed by atoms with Gasteiger partial charge in [-0.1, -0.05) is 151 Å². The van der Waals surface area contributed by atoms with E-state index in [-0.39, 0.29) is 6.71 Å². The minimum atomic E-state index is -0.138. The molecule has 0 N–H and O–H groups in total. The molecule has 13 aromatic rings. The van der Waals surface area contributed by atoms with Gasteiger partial charge in [0.25, 0.3) is 6.71 Å². The number of fused-ring (bicyclic) bond motifs is 10. The van der Waals surface area contributed by atoms with Gasteiger partial charge in [-0.2, -0.15) is 0 Å². The summed E-state index contributed by atoms with van der Waals surface area (Å²) in [5.41, 5.74) is 18.6. The molecule has 354 valence electrons. The maximum absolute atomic E-state index is 7.03. The fraction of sp³-hybridized carbons (Fsp3) is 0.0294. The highest BCUT2D eigenvalue weighted by molar-refractivity contribution is 6.98. The van der Waals surface area contributed by atoms with E-state index in [1.807, 2.05) is 6.07 Å². The molecular weight excluding hydrogens is 916 g/mol. The van der Waals surface area contributed by atoms with Crippen molar-refractivity contribution in [1.29, 1.82) is 0 Å². The molecule has 6 nitrogen and oxygen atoms in total. The molecule has 0 saturated carbocycles. The molecule has 15 rings (SSSR count). The maximum atomic E-state index is 7.03. The molecule has 2 aromatic heterocycles. The first-order valence-corrected chi connectivity index (χ1v) is 25.7. The molecule has 0 fully saturated rings. The summed E-state index contributed by atoms with van der Waals surface area (Å²) >= 11 is 0. The minimum absolute atomic E-state index is 0.138. The van der Waals surface area contributed by atoms with Gasteiger partial charge in [0.05, 0.1) is 33.4 Å². The third kappa shape index (κ3) is 6.75. The second-order valence-corrected chi connectivity index (χ2v) is 19.8. The van der Waals surface area contributed by atoms with Gasteiger partial charge < -0.3 is 28.4 Å². The molecule has 2 aliphatic heterocycles. The first-order chi connectivity index (χ1) is 37.0. The average molecular weight is 963 g/mol. The van der Waals surface area contributed by atoms with E-state index in [9.17, 15) is 0 Å². The number of rotatable bonds is 8. The van der Waals surface area contributed by atoms with Crippen LogP contribution in [0.3, 0.4) is 0 Å². The lowest BCUT2D eigenvalue weighted by Gasteiger charge is -2.35. The lowest BCUT2D eigenvalue weighted by atomic mass is 9.35. The highest BCUT2D eigenvalue weighted by Gasteiger charge is 2.41. The third-order valence-corrected chi connectivity index (χ3v) is 15.3. The fourth-order valence-electron chi connectivity index (χ4n) is 12.0. The van der Waals surface area contributed by atoms with Crippen LogP contribution in [-0.2, 0) is 0 Å². The number of ether oxygens (including phenoxy) is 2. The molecule has 2 aliphatic rings. The first kappa shape index (κ1) is 42.9. The van der Waals surface area contributed by atoms with Crippen molar-refractivity contribution < 1.29 is 9.47 Å². The van der Waals surface area contributed by atoms with Crippen LogP contribution in [-0.4, -0.2) is 15.8 Å². The number of aromatic nitrogens is 2. The largest absolute Gasteiger partial charge is 0.458 e. The summed E-state index contributed by atoms with van der Waals surface area (Å²) in [6.07, 6.45) is 0. The van der Waals surface area contributed by atoms with Gasteiger partial charge >= 0.3 is 0 Å². The van der Waals surface area contributed by atoms with Gasteiger partial charge in [-0.25, -0.2) is 0 Å². The smallest absolute Gasteiger partial charge is 0.260 e. The van der Waals surface area contributed by atoms with E-state index in [1.54, 1.807) is 0 Å². The van der Waals surface area contributed by atoms with Crippen LogP contribution < -0.4 is 35.7 Å². The van der Waals surface area contributed by atoms with Crippen LogP contribution in [0.1, 0.15) is 11.1 Å². The average Bonchev–Trinajstić information content (AvgIpc) is 3.99. The lowest BCUT2D eigenvalue weighted by Crippen LogP contribution is -2.57. The summed E-state index contributed by atoms with van der Waals surface area (Å²) in [5, 5.41) is 4.79. The Bertz CT molecular complexity index is 4110. The summed E-state index contributed by atoms with van der Waals surface area (Å²) in [6.45, 7) is 4.14. The Hall–Kier alpha value is -9.72. The summed E-state index contributed by atoms with van der Waals surface area (Å²) in [5.74, 6) is 3.22. The maximum Gasteiger partial charge on any atom is 0.260 e. The van der Waals surface area contributed by atoms with E-state index < -0.39 is 0 Å². The molecule has 0 aliphatic carbocycles. The van der Waals surface area contributed by atoms with Gasteiger partial charge in [-0.05, 0) is 122 Å². The SMILES string of the molecule is Cc1ccc(N(c2ccc3c(c2)Oc2cccc4c2B3c2ccc(N(c3ccc(C)cc3)c3cccc5c6ccccc6n(-c6ccccc6)c35)cc2O4)c2cccc3c4ccccc4n(-c4ccccc4)c23)cc1. The molecule has 0 spiro atoms. The van der Waals surface area contributed by atoms with Crippen molar-refractivity contribution in [3.8, 4) is 34.4 Å². The molecule has 0 saturated heterocycles. The highest BCUT2D eigenvalue weighted by Crippen LogP contribution is 2.47. The molecule has 0 bridgehead atoms. The van der Waals surface area contributed by atoms with E-state index in [1.165, 1.54) is 32.7 Å². The molecule has 0 radical (unpaired) electrons. The van der Waals surface area contributed by atoms with Gasteiger partial charge in [-0.3, -0.25) is 0 Å². The zero-order valence-electron chi connectivity index (χ0n) is 41.4. The molecule has 0 amide bonds.